The van der Waals surface area contributed by atoms with Crippen LogP contribution in [-0.4, -0.2) is 37.4 Å². The third-order valence-corrected chi connectivity index (χ3v) is 3.84. The molecule has 0 aromatic heterocycles. The van der Waals surface area contributed by atoms with Crippen LogP contribution in [0.5, 0.6) is 0 Å². The second-order valence-electron chi connectivity index (χ2n) is 6.26. The van der Waals surface area contributed by atoms with E-state index < -0.39 is 0 Å². The molecule has 2 aromatic carbocycles. The van der Waals surface area contributed by atoms with Crippen molar-refractivity contribution in [3.8, 4) is 0 Å². The monoisotopic (exact) mass is 339 g/mol. The third-order valence-electron chi connectivity index (χ3n) is 3.84. The Hall–Kier alpha value is -2.82. The molecule has 0 fully saturated rings. The lowest BCUT2D eigenvalue weighted by molar-refractivity contribution is -0.128. The number of amides is 2. The Labute approximate surface area is 149 Å². The van der Waals surface area contributed by atoms with E-state index in [0.717, 1.165) is 16.9 Å². The van der Waals surface area contributed by atoms with Gasteiger partial charge >= 0.3 is 0 Å². The number of benzene rings is 2. The zero-order valence-electron chi connectivity index (χ0n) is 15.0. The summed E-state index contributed by atoms with van der Waals surface area (Å²) in [5, 5.41) is 5.97. The topological polar surface area (TPSA) is 61.4 Å². The highest BCUT2D eigenvalue weighted by molar-refractivity contribution is 5.93. The Morgan fingerprint density at radius 2 is 1.72 bits per heavy atom. The van der Waals surface area contributed by atoms with E-state index in [-0.39, 0.29) is 18.4 Å². The summed E-state index contributed by atoms with van der Waals surface area (Å²) in [6.45, 7) is 2.22. The van der Waals surface area contributed by atoms with E-state index in [2.05, 4.69) is 10.6 Å². The van der Waals surface area contributed by atoms with E-state index in [1.165, 1.54) is 5.56 Å². The number of anilines is 2. The summed E-state index contributed by atoms with van der Waals surface area (Å²) in [5.41, 5.74) is 3.86. The number of carbonyl (C=O) groups is 2. The van der Waals surface area contributed by atoms with Gasteiger partial charge in [0.1, 0.15) is 0 Å². The van der Waals surface area contributed by atoms with Crippen LogP contribution in [-0.2, 0) is 16.0 Å². The molecule has 0 bridgehead atoms. The van der Waals surface area contributed by atoms with Gasteiger partial charge < -0.3 is 15.5 Å². The first-order valence-electron chi connectivity index (χ1n) is 8.33. The maximum absolute atomic E-state index is 12.1. The van der Waals surface area contributed by atoms with Gasteiger partial charge in [0.05, 0.1) is 6.54 Å². The molecule has 2 N–H and O–H groups in total. The number of nitrogens with zero attached hydrogens (tertiary/aromatic N) is 1. The van der Waals surface area contributed by atoms with Gasteiger partial charge in [-0.25, -0.2) is 0 Å². The molecule has 0 spiro atoms. The van der Waals surface area contributed by atoms with Crippen molar-refractivity contribution in [1.82, 2.24) is 4.90 Å². The molecule has 25 heavy (non-hydrogen) atoms. The second-order valence-corrected chi connectivity index (χ2v) is 6.26. The highest BCUT2D eigenvalue weighted by atomic mass is 16.2. The molecular formula is C20H25N3O2. The Kier molecular flexibility index (Phi) is 6.57. The number of hydrogen-bond acceptors (Lipinski definition) is 3. The van der Waals surface area contributed by atoms with Crippen LogP contribution in [0.2, 0.25) is 0 Å². The number of hydrogen-bond donors (Lipinski definition) is 2. The fourth-order valence-electron chi connectivity index (χ4n) is 2.34. The van der Waals surface area contributed by atoms with Gasteiger partial charge in [-0.15, -0.1) is 0 Å². The molecule has 0 aliphatic carbocycles. The van der Waals surface area contributed by atoms with Crippen molar-refractivity contribution in [2.75, 3.05) is 31.3 Å². The average Bonchev–Trinajstić information content (AvgIpc) is 2.59. The average molecular weight is 339 g/mol. The second kappa shape index (κ2) is 8.87. The predicted molar refractivity (Wildman–Crippen MR) is 102 cm³/mol. The molecule has 0 aliphatic heterocycles. The molecule has 5 heteroatoms. The summed E-state index contributed by atoms with van der Waals surface area (Å²) in [6.07, 6.45) is 1.11. The minimum absolute atomic E-state index is 0.0942. The van der Waals surface area contributed by atoms with Crippen molar-refractivity contribution >= 4 is 23.2 Å². The Balaban J connectivity index is 1.84. The third kappa shape index (κ3) is 6.30. The van der Waals surface area contributed by atoms with E-state index in [1.807, 2.05) is 55.5 Å². The standard InChI is InChI=1S/C20H25N3O2/c1-15-7-10-17(11-8-15)21-14-19(24)22-18-6-4-5-16(13-18)9-12-20(25)23(2)3/h4-8,10-11,13,21H,9,12,14H2,1-3H3,(H,22,24). The van der Waals surface area contributed by atoms with Crippen LogP contribution >= 0.6 is 0 Å². The number of rotatable bonds is 7. The van der Waals surface area contributed by atoms with Gasteiger partial charge in [0.2, 0.25) is 11.8 Å². The zero-order chi connectivity index (χ0) is 18.2. The van der Waals surface area contributed by atoms with Crippen molar-refractivity contribution < 1.29 is 9.59 Å². The summed E-state index contributed by atoms with van der Waals surface area (Å²) < 4.78 is 0. The fraction of sp³-hybridized carbons (Fsp3) is 0.300. The van der Waals surface area contributed by atoms with Gasteiger partial charge in [0.25, 0.3) is 0 Å². The van der Waals surface area contributed by atoms with E-state index in [1.54, 1.807) is 19.0 Å². The lowest BCUT2D eigenvalue weighted by Crippen LogP contribution is -2.22. The van der Waals surface area contributed by atoms with Crippen molar-refractivity contribution in [2.24, 2.45) is 0 Å². The normalized spacial score (nSPS) is 10.2. The number of aryl methyl sites for hydroxylation is 2. The van der Waals surface area contributed by atoms with Crippen LogP contribution in [0.3, 0.4) is 0 Å². The SMILES string of the molecule is Cc1ccc(NCC(=O)Nc2cccc(CCC(=O)N(C)C)c2)cc1. The zero-order valence-corrected chi connectivity index (χ0v) is 15.0. The largest absolute Gasteiger partial charge is 0.376 e. The maximum Gasteiger partial charge on any atom is 0.243 e. The van der Waals surface area contributed by atoms with Crippen molar-refractivity contribution in [3.05, 3.63) is 59.7 Å². The van der Waals surface area contributed by atoms with Crippen molar-refractivity contribution in [2.45, 2.75) is 19.8 Å². The predicted octanol–water partition coefficient (Wildman–Crippen LogP) is 3.07. The molecule has 0 unspecified atom stereocenters. The minimum atomic E-state index is -0.109. The summed E-state index contributed by atoms with van der Waals surface area (Å²) in [4.78, 5) is 25.3. The lowest BCUT2D eigenvalue weighted by Gasteiger charge is -2.11. The molecule has 0 heterocycles. The minimum Gasteiger partial charge on any atom is -0.376 e. The van der Waals surface area contributed by atoms with Gasteiger partial charge in [-0.05, 0) is 43.2 Å². The van der Waals surface area contributed by atoms with Gasteiger partial charge in [-0.2, -0.15) is 0 Å². The molecule has 2 aromatic rings. The van der Waals surface area contributed by atoms with Crippen LogP contribution in [0.4, 0.5) is 11.4 Å². The molecule has 2 rings (SSSR count). The number of nitrogens with one attached hydrogen (secondary N) is 2. The lowest BCUT2D eigenvalue weighted by atomic mass is 10.1. The van der Waals surface area contributed by atoms with Crippen LogP contribution in [0, 0.1) is 6.92 Å². The first kappa shape index (κ1) is 18.5. The van der Waals surface area contributed by atoms with Crippen LogP contribution in [0.25, 0.3) is 0 Å². The van der Waals surface area contributed by atoms with Crippen LogP contribution < -0.4 is 10.6 Å². The van der Waals surface area contributed by atoms with Gasteiger partial charge in [-0.3, -0.25) is 9.59 Å². The molecular weight excluding hydrogens is 314 g/mol. The molecule has 0 saturated carbocycles. The van der Waals surface area contributed by atoms with Gasteiger partial charge in [0, 0.05) is 31.9 Å². The Morgan fingerprint density at radius 3 is 2.40 bits per heavy atom. The van der Waals surface area contributed by atoms with E-state index >= 15 is 0 Å². The summed E-state index contributed by atoms with van der Waals surface area (Å²) in [6, 6.07) is 15.5. The van der Waals surface area contributed by atoms with E-state index in [0.29, 0.717) is 12.8 Å². The maximum atomic E-state index is 12.1. The summed E-state index contributed by atoms with van der Waals surface area (Å²) in [7, 11) is 3.50. The smallest absolute Gasteiger partial charge is 0.243 e. The van der Waals surface area contributed by atoms with Crippen molar-refractivity contribution in [1.29, 1.82) is 0 Å². The van der Waals surface area contributed by atoms with Crippen molar-refractivity contribution in [3.63, 3.8) is 0 Å². The quantitative estimate of drug-likeness (QED) is 0.815. The molecule has 132 valence electrons. The highest BCUT2D eigenvalue weighted by Crippen LogP contribution is 2.13. The van der Waals surface area contributed by atoms with Gasteiger partial charge in [0.15, 0.2) is 0 Å². The molecule has 5 nitrogen and oxygen atoms in total. The molecule has 0 atom stereocenters. The molecule has 0 aliphatic rings. The van der Waals surface area contributed by atoms with E-state index in [4.69, 9.17) is 0 Å². The van der Waals surface area contributed by atoms with Gasteiger partial charge in [-0.1, -0.05) is 29.8 Å². The molecule has 0 radical (unpaired) electrons. The Morgan fingerprint density at radius 1 is 1.00 bits per heavy atom. The summed E-state index contributed by atoms with van der Waals surface area (Å²) in [5.74, 6) is -0.0150. The Bertz CT molecular complexity index is 724. The number of carbonyl (C=O) groups excluding carboxylic acids is 2. The first-order valence-corrected chi connectivity index (χ1v) is 8.33. The van der Waals surface area contributed by atoms with E-state index in [9.17, 15) is 9.59 Å². The fourth-order valence-corrected chi connectivity index (χ4v) is 2.34. The van der Waals surface area contributed by atoms with Crippen LogP contribution in [0.1, 0.15) is 17.5 Å². The first-order chi connectivity index (χ1) is 11.9. The molecule has 0 saturated heterocycles. The highest BCUT2D eigenvalue weighted by Gasteiger charge is 2.06. The van der Waals surface area contributed by atoms with Crippen LogP contribution in [0.15, 0.2) is 48.5 Å². The summed E-state index contributed by atoms with van der Waals surface area (Å²) >= 11 is 0. The molecule has 2 amide bonds.